The fourth-order valence-electron chi connectivity index (χ4n) is 1.60. The number of rotatable bonds is 5. The van der Waals surface area contributed by atoms with Crippen LogP contribution in [0.5, 0.6) is 5.75 Å². The molecule has 0 spiro atoms. The van der Waals surface area contributed by atoms with E-state index >= 15 is 0 Å². The van der Waals surface area contributed by atoms with Gasteiger partial charge in [-0.3, -0.25) is 0 Å². The van der Waals surface area contributed by atoms with Gasteiger partial charge in [-0.05, 0) is 31.7 Å². The molecule has 5 heteroatoms. The van der Waals surface area contributed by atoms with E-state index in [9.17, 15) is 4.39 Å². The van der Waals surface area contributed by atoms with Crippen LogP contribution < -0.4 is 10.1 Å². The van der Waals surface area contributed by atoms with E-state index in [4.69, 9.17) is 4.74 Å². The van der Waals surface area contributed by atoms with E-state index in [0.29, 0.717) is 13.2 Å². The third-order valence-electron chi connectivity index (χ3n) is 2.42. The standard InChI is InChI=1S/C13H15FN2OS/c1-9-16-11(8-18-9)7-17-13-4-3-10(6-15-2)5-12(13)14/h3-5,8,15H,6-7H2,1-2H3. The van der Waals surface area contributed by atoms with Gasteiger partial charge in [-0.25, -0.2) is 9.37 Å². The minimum atomic E-state index is -0.338. The zero-order valence-corrected chi connectivity index (χ0v) is 11.2. The molecule has 0 amide bonds. The highest BCUT2D eigenvalue weighted by molar-refractivity contribution is 7.09. The van der Waals surface area contributed by atoms with Crippen LogP contribution >= 0.6 is 11.3 Å². The maximum atomic E-state index is 13.7. The molecule has 0 aliphatic heterocycles. The van der Waals surface area contributed by atoms with Crippen LogP contribution in [0.4, 0.5) is 4.39 Å². The molecule has 0 atom stereocenters. The van der Waals surface area contributed by atoms with Crippen molar-refractivity contribution in [1.82, 2.24) is 10.3 Å². The average molecular weight is 266 g/mol. The molecule has 96 valence electrons. The maximum Gasteiger partial charge on any atom is 0.165 e. The summed E-state index contributed by atoms with van der Waals surface area (Å²) < 4.78 is 19.1. The van der Waals surface area contributed by atoms with Gasteiger partial charge in [0, 0.05) is 11.9 Å². The Labute approximate surface area is 110 Å². The fraction of sp³-hybridized carbons (Fsp3) is 0.308. The van der Waals surface area contributed by atoms with Crippen molar-refractivity contribution in [2.24, 2.45) is 0 Å². The number of nitrogens with zero attached hydrogens (tertiary/aromatic N) is 1. The molecule has 0 saturated carbocycles. The van der Waals surface area contributed by atoms with E-state index in [1.807, 2.05) is 25.4 Å². The number of hydrogen-bond donors (Lipinski definition) is 1. The highest BCUT2D eigenvalue weighted by Gasteiger charge is 2.06. The van der Waals surface area contributed by atoms with E-state index in [1.54, 1.807) is 17.4 Å². The zero-order chi connectivity index (χ0) is 13.0. The molecule has 1 N–H and O–H groups in total. The predicted molar refractivity (Wildman–Crippen MR) is 70.3 cm³/mol. The van der Waals surface area contributed by atoms with Crippen LogP contribution in [0, 0.1) is 12.7 Å². The molecule has 0 aliphatic rings. The Balaban J connectivity index is 2.01. The lowest BCUT2D eigenvalue weighted by atomic mass is 10.2. The Morgan fingerprint density at radius 3 is 2.89 bits per heavy atom. The smallest absolute Gasteiger partial charge is 0.165 e. The van der Waals surface area contributed by atoms with Crippen LogP contribution in [0.2, 0.25) is 0 Å². The monoisotopic (exact) mass is 266 g/mol. The van der Waals surface area contributed by atoms with E-state index in [0.717, 1.165) is 16.3 Å². The summed E-state index contributed by atoms with van der Waals surface area (Å²) in [6.07, 6.45) is 0. The van der Waals surface area contributed by atoms with E-state index < -0.39 is 0 Å². The molecule has 1 aromatic carbocycles. The summed E-state index contributed by atoms with van der Waals surface area (Å²) >= 11 is 1.56. The third kappa shape index (κ3) is 3.27. The topological polar surface area (TPSA) is 34.1 Å². The van der Waals surface area contributed by atoms with Crippen LogP contribution in [-0.4, -0.2) is 12.0 Å². The van der Waals surface area contributed by atoms with Gasteiger partial charge in [0.15, 0.2) is 11.6 Å². The SMILES string of the molecule is CNCc1ccc(OCc2csc(C)n2)c(F)c1. The average Bonchev–Trinajstić information content (AvgIpc) is 2.74. The Hall–Kier alpha value is -1.46. The molecule has 0 unspecified atom stereocenters. The lowest BCUT2D eigenvalue weighted by Crippen LogP contribution is -2.05. The van der Waals surface area contributed by atoms with Gasteiger partial charge >= 0.3 is 0 Å². The minimum absolute atomic E-state index is 0.264. The quantitative estimate of drug-likeness (QED) is 0.903. The molecule has 0 aliphatic carbocycles. The number of aromatic nitrogens is 1. The Morgan fingerprint density at radius 1 is 1.44 bits per heavy atom. The van der Waals surface area contributed by atoms with Crippen molar-refractivity contribution >= 4 is 11.3 Å². The summed E-state index contributed by atoms with van der Waals surface area (Å²) in [6, 6.07) is 4.99. The van der Waals surface area contributed by atoms with E-state index in [-0.39, 0.29) is 11.6 Å². The highest BCUT2D eigenvalue weighted by Crippen LogP contribution is 2.20. The third-order valence-corrected chi connectivity index (χ3v) is 3.24. The number of halogens is 1. The van der Waals surface area contributed by atoms with Crippen molar-refractivity contribution in [3.63, 3.8) is 0 Å². The normalized spacial score (nSPS) is 10.6. The first-order valence-electron chi connectivity index (χ1n) is 5.66. The van der Waals surface area contributed by atoms with Crippen molar-refractivity contribution in [2.75, 3.05) is 7.05 Å². The van der Waals surface area contributed by atoms with Crippen molar-refractivity contribution in [3.05, 3.63) is 45.7 Å². The second-order valence-electron chi connectivity index (χ2n) is 3.94. The summed E-state index contributed by atoms with van der Waals surface area (Å²) in [6.45, 7) is 2.87. The minimum Gasteiger partial charge on any atom is -0.484 e. The maximum absolute atomic E-state index is 13.7. The van der Waals surface area contributed by atoms with Gasteiger partial charge in [0.05, 0.1) is 10.7 Å². The van der Waals surface area contributed by atoms with Crippen LogP contribution in [0.3, 0.4) is 0 Å². The van der Waals surface area contributed by atoms with Crippen molar-refractivity contribution in [1.29, 1.82) is 0 Å². The number of hydrogen-bond acceptors (Lipinski definition) is 4. The van der Waals surface area contributed by atoms with Gasteiger partial charge in [-0.15, -0.1) is 11.3 Å². The number of aryl methyl sites for hydroxylation is 1. The molecule has 0 fully saturated rings. The van der Waals surface area contributed by atoms with Crippen LogP contribution in [0.15, 0.2) is 23.6 Å². The van der Waals surface area contributed by atoms with Crippen LogP contribution in [0.1, 0.15) is 16.3 Å². The van der Waals surface area contributed by atoms with Gasteiger partial charge in [0.2, 0.25) is 0 Å². The second kappa shape index (κ2) is 5.93. The van der Waals surface area contributed by atoms with Crippen LogP contribution in [0.25, 0.3) is 0 Å². The summed E-state index contributed by atoms with van der Waals surface area (Å²) in [7, 11) is 1.83. The number of benzene rings is 1. The first-order chi connectivity index (χ1) is 8.69. The lowest BCUT2D eigenvalue weighted by molar-refractivity contribution is 0.286. The van der Waals surface area contributed by atoms with Crippen molar-refractivity contribution in [2.45, 2.75) is 20.1 Å². The lowest BCUT2D eigenvalue weighted by Gasteiger charge is -2.07. The summed E-state index contributed by atoms with van der Waals surface area (Å²) in [5.41, 5.74) is 1.73. The fourth-order valence-corrected chi connectivity index (χ4v) is 2.20. The molecule has 3 nitrogen and oxygen atoms in total. The van der Waals surface area contributed by atoms with Gasteiger partial charge in [0.25, 0.3) is 0 Å². The molecule has 1 heterocycles. The van der Waals surface area contributed by atoms with Gasteiger partial charge in [-0.2, -0.15) is 0 Å². The van der Waals surface area contributed by atoms with Crippen LogP contribution in [-0.2, 0) is 13.2 Å². The van der Waals surface area contributed by atoms with Gasteiger partial charge in [-0.1, -0.05) is 6.07 Å². The van der Waals surface area contributed by atoms with Gasteiger partial charge in [0.1, 0.15) is 6.61 Å². The Bertz CT molecular complexity index is 527. The molecule has 1 aromatic heterocycles. The predicted octanol–water partition coefficient (Wildman–Crippen LogP) is 2.89. The molecule has 2 rings (SSSR count). The number of ether oxygens (including phenoxy) is 1. The molecule has 0 saturated heterocycles. The van der Waals surface area contributed by atoms with Crippen molar-refractivity contribution in [3.8, 4) is 5.75 Å². The van der Waals surface area contributed by atoms with Gasteiger partial charge < -0.3 is 10.1 Å². The molecule has 18 heavy (non-hydrogen) atoms. The number of nitrogens with one attached hydrogen (secondary N) is 1. The Kier molecular flexibility index (Phi) is 4.28. The Morgan fingerprint density at radius 2 is 2.28 bits per heavy atom. The zero-order valence-electron chi connectivity index (χ0n) is 10.4. The first-order valence-corrected chi connectivity index (χ1v) is 6.54. The largest absolute Gasteiger partial charge is 0.484 e. The second-order valence-corrected chi connectivity index (χ2v) is 5.00. The molecule has 0 bridgehead atoms. The van der Waals surface area contributed by atoms with Crippen molar-refractivity contribution < 1.29 is 9.13 Å². The molecule has 0 radical (unpaired) electrons. The molecular weight excluding hydrogens is 251 g/mol. The summed E-state index contributed by atoms with van der Waals surface area (Å²) in [4.78, 5) is 4.26. The number of thiazole rings is 1. The summed E-state index contributed by atoms with van der Waals surface area (Å²) in [5, 5.41) is 5.88. The van der Waals surface area contributed by atoms with E-state index in [1.165, 1.54) is 6.07 Å². The molecule has 2 aromatic rings. The first kappa shape index (κ1) is 13.0. The summed E-state index contributed by atoms with van der Waals surface area (Å²) in [5.74, 6) is -0.0739. The molecular formula is C13H15FN2OS. The van der Waals surface area contributed by atoms with E-state index in [2.05, 4.69) is 10.3 Å². The highest BCUT2D eigenvalue weighted by atomic mass is 32.1.